The number of nitrogens with zero attached hydrogens (tertiary/aromatic N) is 3. The lowest BCUT2D eigenvalue weighted by molar-refractivity contribution is 0.328. The first-order valence-corrected chi connectivity index (χ1v) is 8.13. The number of benzene rings is 1. The van der Waals surface area contributed by atoms with Gasteiger partial charge in [0.15, 0.2) is 0 Å². The van der Waals surface area contributed by atoms with E-state index in [1.807, 2.05) is 32.9 Å². The molecule has 0 atom stereocenters. The molecule has 0 fully saturated rings. The van der Waals surface area contributed by atoms with E-state index in [4.69, 9.17) is 9.26 Å². The highest BCUT2D eigenvalue weighted by Crippen LogP contribution is 2.30. The molecule has 3 rings (SSSR count). The summed E-state index contributed by atoms with van der Waals surface area (Å²) in [6, 6.07) is 12.1. The SMILES string of the molecule is CCOc1nc(-c2ccc(C)cc2)ccc1-c1noc(C(C)C)n1. The van der Waals surface area contributed by atoms with E-state index in [0.717, 1.165) is 16.8 Å². The number of pyridine rings is 1. The molecule has 2 heterocycles. The Hall–Kier alpha value is -2.69. The van der Waals surface area contributed by atoms with Crippen molar-refractivity contribution in [2.45, 2.75) is 33.6 Å². The molecule has 0 aliphatic rings. The molecule has 0 aliphatic carbocycles. The quantitative estimate of drug-likeness (QED) is 0.685. The molecule has 24 heavy (non-hydrogen) atoms. The monoisotopic (exact) mass is 323 g/mol. The third kappa shape index (κ3) is 3.30. The molecule has 0 amide bonds. The third-order valence-corrected chi connectivity index (χ3v) is 3.67. The molecule has 0 spiro atoms. The molecular weight excluding hydrogens is 302 g/mol. The molecule has 0 N–H and O–H groups in total. The van der Waals surface area contributed by atoms with Gasteiger partial charge in [-0.3, -0.25) is 0 Å². The summed E-state index contributed by atoms with van der Waals surface area (Å²) < 4.78 is 11.0. The Kier molecular flexibility index (Phi) is 4.60. The second kappa shape index (κ2) is 6.83. The third-order valence-electron chi connectivity index (χ3n) is 3.67. The molecule has 5 heteroatoms. The largest absolute Gasteiger partial charge is 0.477 e. The first-order valence-electron chi connectivity index (χ1n) is 8.13. The summed E-state index contributed by atoms with van der Waals surface area (Å²) in [5.41, 5.74) is 3.86. The van der Waals surface area contributed by atoms with Gasteiger partial charge >= 0.3 is 0 Å². The average Bonchev–Trinajstić information content (AvgIpc) is 3.06. The Morgan fingerprint density at radius 1 is 1.04 bits per heavy atom. The van der Waals surface area contributed by atoms with Gasteiger partial charge in [-0.05, 0) is 26.0 Å². The highest BCUT2D eigenvalue weighted by molar-refractivity contribution is 5.68. The maximum Gasteiger partial charge on any atom is 0.229 e. The highest BCUT2D eigenvalue weighted by atomic mass is 16.5. The van der Waals surface area contributed by atoms with Crippen molar-refractivity contribution < 1.29 is 9.26 Å². The molecule has 0 radical (unpaired) electrons. The van der Waals surface area contributed by atoms with Crippen LogP contribution in [0.2, 0.25) is 0 Å². The first-order chi connectivity index (χ1) is 11.6. The molecule has 1 aromatic carbocycles. The molecule has 0 aliphatic heterocycles. The lowest BCUT2D eigenvalue weighted by atomic mass is 10.1. The van der Waals surface area contributed by atoms with E-state index in [0.29, 0.717) is 24.2 Å². The summed E-state index contributed by atoms with van der Waals surface area (Å²) in [5.74, 6) is 1.81. The fourth-order valence-electron chi connectivity index (χ4n) is 2.32. The summed E-state index contributed by atoms with van der Waals surface area (Å²) >= 11 is 0. The van der Waals surface area contributed by atoms with E-state index in [2.05, 4.69) is 46.3 Å². The smallest absolute Gasteiger partial charge is 0.229 e. The topological polar surface area (TPSA) is 61.0 Å². The van der Waals surface area contributed by atoms with Crippen molar-refractivity contribution in [3.05, 3.63) is 47.9 Å². The lowest BCUT2D eigenvalue weighted by Gasteiger charge is -2.09. The molecule has 0 bridgehead atoms. The Morgan fingerprint density at radius 2 is 1.79 bits per heavy atom. The molecule has 0 unspecified atom stereocenters. The average molecular weight is 323 g/mol. The fourth-order valence-corrected chi connectivity index (χ4v) is 2.32. The molecule has 2 aromatic heterocycles. The Balaban J connectivity index is 2.02. The van der Waals surface area contributed by atoms with E-state index in [1.165, 1.54) is 5.56 Å². The lowest BCUT2D eigenvalue weighted by Crippen LogP contribution is -1.99. The van der Waals surface area contributed by atoms with Gasteiger partial charge in [0.05, 0.1) is 17.9 Å². The van der Waals surface area contributed by atoms with Crippen molar-refractivity contribution in [2.75, 3.05) is 6.61 Å². The van der Waals surface area contributed by atoms with Crippen molar-refractivity contribution in [1.82, 2.24) is 15.1 Å². The number of aromatic nitrogens is 3. The van der Waals surface area contributed by atoms with Crippen LogP contribution in [0, 0.1) is 6.92 Å². The van der Waals surface area contributed by atoms with Crippen molar-refractivity contribution in [2.24, 2.45) is 0 Å². The predicted octanol–water partition coefficient (Wildman–Crippen LogP) is 4.63. The molecule has 3 aromatic rings. The van der Waals surface area contributed by atoms with Crippen LogP contribution in [0.1, 0.15) is 38.1 Å². The van der Waals surface area contributed by atoms with Gasteiger partial charge in [-0.1, -0.05) is 48.8 Å². The summed E-state index contributed by atoms with van der Waals surface area (Å²) in [7, 11) is 0. The Morgan fingerprint density at radius 3 is 2.42 bits per heavy atom. The van der Waals surface area contributed by atoms with Gasteiger partial charge in [-0.15, -0.1) is 0 Å². The number of aryl methyl sites for hydroxylation is 1. The van der Waals surface area contributed by atoms with Crippen LogP contribution in [0.4, 0.5) is 0 Å². The van der Waals surface area contributed by atoms with E-state index in [9.17, 15) is 0 Å². The van der Waals surface area contributed by atoms with Gasteiger partial charge in [0, 0.05) is 11.5 Å². The Labute approximate surface area is 141 Å². The van der Waals surface area contributed by atoms with Crippen LogP contribution in [0.25, 0.3) is 22.6 Å². The zero-order chi connectivity index (χ0) is 17.1. The summed E-state index contributed by atoms with van der Waals surface area (Å²) in [6.07, 6.45) is 0. The van der Waals surface area contributed by atoms with Gasteiger partial charge in [0.25, 0.3) is 0 Å². The first kappa shape index (κ1) is 16.2. The maximum absolute atomic E-state index is 5.71. The van der Waals surface area contributed by atoms with Crippen molar-refractivity contribution in [1.29, 1.82) is 0 Å². The number of hydrogen-bond acceptors (Lipinski definition) is 5. The molecule has 5 nitrogen and oxygen atoms in total. The minimum absolute atomic E-state index is 0.182. The van der Waals surface area contributed by atoms with Crippen LogP contribution < -0.4 is 4.74 Å². The molecule has 0 saturated carbocycles. The van der Waals surface area contributed by atoms with Crippen LogP contribution in [0.3, 0.4) is 0 Å². The molecule has 0 saturated heterocycles. The van der Waals surface area contributed by atoms with Gasteiger partial charge in [-0.25, -0.2) is 4.98 Å². The van der Waals surface area contributed by atoms with E-state index < -0.39 is 0 Å². The Bertz CT molecular complexity index is 823. The van der Waals surface area contributed by atoms with Crippen LogP contribution in [-0.2, 0) is 0 Å². The zero-order valence-electron chi connectivity index (χ0n) is 14.4. The van der Waals surface area contributed by atoms with Gasteiger partial charge in [0.2, 0.25) is 17.6 Å². The van der Waals surface area contributed by atoms with Crippen LogP contribution in [-0.4, -0.2) is 21.7 Å². The van der Waals surface area contributed by atoms with Crippen LogP contribution in [0.5, 0.6) is 5.88 Å². The van der Waals surface area contributed by atoms with Crippen LogP contribution >= 0.6 is 0 Å². The number of hydrogen-bond donors (Lipinski definition) is 0. The summed E-state index contributed by atoms with van der Waals surface area (Å²) in [5, 5.41) is 4.06. The standard InChI is InChI=1S/C19H21N3O2/c1-5-23-19-15(17-21-18(12(2)3)24-22-17)10-11-16(20-19)14-8-6-13(4)7-9-14/h6-12H,5H2,1-4H3. The minimum Gasteiger partial charge on any atom is -0.477 e. The number of rotatable bonds is 5. The normalized spacial score (nSPS) is 11.0. The van der Waals surface area contributed by atoms with E-state index in [1.54, 1.807) is 0 Å². The van der Waals surface area contributed by atoms with E-state index >= 15 is 0 Å². The fraction of sp³-hybridized carbons (Fsp3) is 0.316. The minimum atomic E-state index is 0.182. The maximum atomic E-state index is 5.71. The highest BCUT2D eigenvalue weighted by Gasteiger charge is 2.17. The second-order valence-electron chi connectivity index (χ2n) is 5.96. The van der Waals surface area contributed by atoms with Gasteiger partial charge in [-0.2, -0.15) is 4.98 Å². The molecular formula is C19H21N3O2. The van der Waals surface area contributed by atoms with Crippen LogP contribution in [0.15, 0.2) is 40.9 Å². The van der Waals surface area contributed by atoms with Gasteiger partial charge in [0.1, 0.15) is 0 Å². The summed E-state index contributed by atoms with van der Waals surface area (Å²) in [4.78, 5) is 9.09. The number of ether oxygens (including phenoxy) is 1. The summed E-state index contributed by atoms with van der Waals surface area (Å²) in [6.45, 7) is 8.54. The molecule has 124 valence electrons. The zero-order valence-corrected chi connectivity index (χ0v) is 14.4. The van der Waals surface area contributed by atoms with Gasteiger partial charge < -0.3 is 9.26 Å². The predicted molar refractivity (Wildman–Crippen MR) is 93.0 cm³/mol. The van der Waals surface area contributed by atoms with Crippen molar-refractivity contribution in [3.63, 3.8) is 0 Å². The van der Waals surface area contributed by atoms with Crippen molar-refractivity contribution >= 4 is 0 Å². The second-order valence-corrected chi connectivity index (χ2v) is 5.96. The van der Waals surface area contributed by atoms with Crippen molar-refractivity contribution in [3.8, 4) is 28.5 Å². The van der Waals surface area contributed by atoms with E-state index in [-0.39, 0.29) is 5.92 Å².